The molecule has 0 amide bonds. The van der Waals surface area contributed by atoms with Gasteiger partial charge in [-0.25, -0.2) is 8.42 Å². The molecule has 0 aromatic carbocycles. The van der Waals surface area contributed by atoms with Crippen molar-refractivity contribution in [1.82, 2.24) is 10.2 Å². The summed E-state index contributed by atoms with van der Waals surface area (Å²) in [5, 5.41) is 3.59. The van der Waals surface area contributed by atoms with E-state index in [1.54, 1.807) is 0 Å². The normalized spacial score (nSPS) is 30.6. The molecular weight excluding hydrogens is 248 g/mol. The Balaban J connectivity index is 2.56. The topological polar surface area (TPSA) is 49.4 Å². The minimum absolute atomic E-state index is 0.170. The zero-order valence-electron chi connectivity index (χ0n) is 12.2. The smallest absolute Gasteiger partial charge is 0.147 e. The lowest BCUT2D eigenvalue weighted by molar-refractivity contribution is 0.0485. The fourth-order valence-corrected chi connectivity index (χ4v) is 3.18. The van der Waals surface area contributed by atoms with Crippen molar-refractivity contribution in [3.8, 4) is 0 Å². The van der Waals surface area contributed by atoms with E-state index in [1.807, 2.05) is 0 Å². The lowest BCUT2D eigenvalue weighted by Gasteiger charge is -2.48. The van der Waals surface area contributed by atoms with E-state index in [-0.39, 0.29) is 5.54 Å². The molecule has 1 aliphatic heterocycles. The molecule has 0 aliphatic carbocycles. The van der Waals surface area contributed by atoms with Gasteiger partial charge in [-0.05, 0) is 32.7 Å². The molecule has 1 rings (SSSR count). The minimum Gasteiger partial charge on any atom is -0.311 e. The van der Waals surface area contributed by atoms with Gasteiger partial charge in [0.05, 0.1) is 5.75 Å². The van der Waals surface area contributed by atoms with E-state index in [9.17, 15) is 8.42 Å². The number of rotatable bonds is 6. The molecule has 1 saturated heterocycles. The molecule has 108 valence electrons. The van der Waals surface area contributed by atoms with Crippen LogP contribution in [0.3, 0.4) is 0 Å². The number of hydrogen-bond acceptors (Lipinski definition) is 4. The molecule has 1 N–H and O–H groups in total. The van der Waals surface area contributed by atoms with Gasteiger partial charge in [0, 0.05) is 30.9 Å². The first kappa shape index (κ1) is 15.9. The summed E-state index contributed by atoms with van der Waals surface area (Å²) in [5.74, 6) is 0.299. The van der Waals surface area contributed by atoms with Crippen LogP contribution in [0.4, 0.5) is 0 Å². The Hall–Kier alpha value is -0.130. The molecular formula is C13H28N2O2S. The summed E-state index contributed by atoms with van der Waals surface area (Å²) in [6, 6.07) is 0.544. The monoisotopic (exact) mass is 276 g/mol. The van der Waals surface area contributed by atoms with Gasteiger partial charge in [-0.15, -0.1) is 0 Å². The van der Waals surface area contributed by atoms with Crippen LogP contribution in [0.2, 0.25) is 0 Å². The highest BCUT2D eigenvalue weighted by atomic mass is 32.2. The third kappa shape index (κ3) is 4.52. The first-order valence-electron chi connectivity index (χ1n) is 6.97. The molecule has 2 atom stereocenters. The van der Waals surface area contributed by atoms with Crippen molar-refractivity contribution in [2.45, 2.75) is 51.6 Å². The fourth-order valence-electron chi connectivity index (χ4n) is 2.53. The highest BCUT2D eigenvalue weighted by molar-refractivity contribution is 7.90. The Labute approximate surface area is 112 Å². The molecule has 0 spiro atoms. The van der Waals surface area contributed by atoms with Crippen molar-refractivity contribution in [3.05, 3.63) is 0 Å². The molecule has 0 radical (unpaired) electrons. The van der Waals surface area contributed by atoms with Gasteiger partial charge in [0.15, 0.2) is 0 Å². The predicted molar refractivity (Wildman–Crippen MR) is 76.7 cm³/mol. The molecule has 1 heterocycles. The Kier molecular flexibility index (Phi) is 5.62. The van der Waals surface area contributed by atoms with E-state index in [1.165, 1.54) is 6.26 Å². The van der Waals surface area contributed by atoms with Crippen LogP contribution in [0.5, 0.6) is 0 Å². The summed E-state index contributed by atoms with van der Waals surface area (Å²) in [7, 11) is -2.83. The Morgan fingerprint density at radius 3 is 2.56 bits per heavy atom. The van der Waals surface area contributed by atoms with Gasteiger partial charge >= 0.3 is 0 Å². The maximum absolute atomic E-state index is 11.2. The van der Waals surface area contributed by atoms with Gasteiger partial charge in [0.2, 0.25) is 0 Å². The van der Waals surface area contributed by atoms with Crippen LogP contribution in [-0.2, 0) is 9.84 Å². The molecule has 1 fully saturated rings. The van der Waals surface area contributed by atoms with Crippen molar-refractivity contribution < 1.29 is 8.42 Å². The second-order valence-corrected chi connectivity index (χ2v) is 8.03. The van der Waals surface area contributed by atoms with Gasteiger partial charge in [-0.2, -0.15) is 0 Å². The standard InChI is InChI=1S/C13H28N2O2S/c1-5-12-10-15(8-7-9-18(4,16)17)13(3,6-2)11-14-12/h12,14H,5-11H2,1-4H3. The maximum Gasteiger partial charge on any atom is 0.147 e. The predicted octanol–water partition coefficient (Wildman–Crippen LogP) is 1.27. The average Bonchev–Trinajstić information content (AvgIpc) is 2.30. The second kappa shape index (κ2) is 6.35. The van der Waals surface area contributed by atoms with Crippen molar-refractivity contribution in [2.75, 3.05) is 31.6 Å². The quantitative estimate of drug-likeness (QED) is 0.794. The van der Waals surface area contributed by atoms with Crippen LogP contribution >= 0.6 is 0 Å². The molecule has 1 aliphatic rings. The van der Waals surface area contributed by atoms with E-state index < -0.39 is 9.84 Å². The zero-order valence-corrected chi connectivity index (χ0v) is 13.0. The molecule has 0 bridgehead atoms. The lowest BCUT2D eigenvalue weighted by Crippen LogP contribution is -2.63. The van der Waals surface area contributed by atoms with Crippen molar-refractivity contribution >= 4 is 9.84 Å². The minimum atomic E-state index is -2.83. The van der Waals surface area contributed by atoms with E-state index >= 15 is 0 Å². The second-order valence-electron chi connectivity index (χ2n) is 5.77. The molecule has 4 nitrogen and oxygen atoms in total. The summed E-state index contributed by atoms with van der Waals surface area (Å²) in [6.07, 6.45) is 4.28. The van der Waals surface area contributed by atoms with Crippen molar-refractivity contribution in [1.29, 1.82) is 0 Å². The van der Waals surface area contributed by atoms with E-state index in [0.29, 0.717) is 11.8 Å². The summed E-state index contributed by atoms with van der Waals surface area (Å²) >= 11 is 0. The van der Waals surface area contributed by atoms with Gasteiger partial charge in [0.1, 0.15) is 9.84 Å². The first-order chi connectivity index (χ1) is 8.30. The number of sulfone groups is 1. The molecule has 0 aromatic rings. The fraction of sp³-hybridized carbons (Fsp3) is 1.00. The molecule has 18 heavy (non-hydrogen) atoms. The van der Waals surface area contributed by atoms with E-state index in [2.05, 4.69) is 31.0 Å². The van der Waals surface area contributed by atoms with Gasteiger partial charge in [-0.1, -0.05) is 13.8 Å². The van der Waals surface area contributed by atoms with Gasteiger partial charge in [-0.3, -0.25) is 4.90 Å². The van der Waals surface area contributed by atoms with Crippen LogP contribution in [0.15, 0.2) is 0 Å². The van der Waals surface area contributed by atoms with Crippen LogP contribution in [0.1, 0.15) is 40.0 Å². The van der Waals surface area contributed by atoms with Crippen molar-refractivity contribution in [3.63, 3.8) is 0 Å². The number of piperazine rings is 1. The third-order valence-electron chi connectivity index (χ3n) is 4.17. The van der Waals surface area contributed by atoms with E-state index in [4.69, 9.17) is 0 Å². The molecule has 0 aromatic heterocycles. The Morgan fingerprint density at radius 2 is 2.06 bits per heavy atom. The molecule has 2 unspecified atom stereocenters. The SMILES string of the molecule is CCC1CN(CCCS(C)(=O)=O)C(C)(CC)CN1. The number of hydrogen-bond donors (Lipinski definition) is 1. The first-order valence-corrected chi connectivity index (χ1v) is 9.03. The molecule has 0 saturated carbocycles. The van der Waals surface area contributed by atoms with E-state index in [0.717, 1.165) is 38.9 Å². The third-order valence-corrected chi connectivity index (χ3v) is 5.20. The lowest BCUT2D eigenvalue weighted by atomic mass is 9.91. The Bertz CT molecular complexity index is 356. The molecule has 5 heteroatoms. The van der Waals surface area contributed by atoms with Gasteiger partial charge < -0.3 is 5.32 Å². The van der Waals surface area contributed by atoms with Crippen molar-refractivity contribution in [2.24, 2.45) is 0 Å². The number of nitrogens with zero attached hydrogens (tertiary/aromatic N) is 1. The van der Waals surface area contributed by atoms with Gasteiger partial charge in [0.25, 0.3) is 0 Å². The number of nitrogens with one attached hydrogen (secondary N) is 1. The van der Waals surface area contributed by atoms with Crippen LogP contribution in [0, 0.1) is 0 Å². The summed E-state index contributed by atoms with van der Waals surface area (Å²) in [6.45, 7) is 9.59. The highest BCUT2D eigenvalue weighted by Crippen LogP contribution is 2.23. The highest BCUT2D eigenvalue weighted by Gasteiger charge is 2.35. The van der Waals surface area contributed by atoms with Crippen LogP contribution < -0.4 is 5.32 Å². The Morgan fingerprint density at radius 1 is 1.39 bits per heavy atom. The largest absolute Gasteiger partial charge is 0.311 e. The summed E-state index contributed by atoms with van der Waals surface area (Å²) in [4.78, 5) is 2.48. The summed E-state index contributed by atoms with van der Waals surface area (Å²) < 4.78 is 22.4. The zero-order chi connectivity index (χ0) is 13.8. The average molecular weight is 276 g/mol. The maximum atomic E-state index is 11.2. The van der Waals surface area contributed by atoms with Crippen LogP contribution in [-0.4, -0.2) is 56.5 Å². The summed E-state index contributed by atoms with van der Waals surface area (Å²) in [5.41, 5.74) is 0.170. The van der Waals surface area contributed by atoms with Crippen LogP contribution in [0.25, 0.3) is 0 Å².